The van der Waals surface area contributed by atoms with Crippen LogP contribution in [0.3, 0.4) is 0 Å². The first-order chi connectivity index (χ1) is 8.25. The summed E-state index contributed by atoms with van der Waals surface area (Å²) in [7, 11) is 0. The Morgan fingerprint density at radius 2 is 2.35 bits per heavy atom. The van der Waals surface area contributed by atoms with Crippen LogP contribution in [-0.2, 0) is 4.74 Å². The number of hydrogen-bond donors (Lipinski definition) is 1. The Kier molecular flexibility index (Phi) is 4.68. The SMILES string of the molecule is Nc1ccc(Br)c(OCCCC2CCCO2)c1. The summed E-state index contributed by atoms with van der Waals surface area (Å²) in [6.07, 6.45) is 4.95. The van der Waals surface area contributed by atoms with E-state index in [4.69, 9.17) is 15.2 Å². The van der Waals surface area contributed by atoms with Gasteiger partial charge in [-0.2, -0.15) is 0 Å². The Balaban J connectivity index is 1.72. The summed E-state index contributed by atoms with van der Waals surface area (Å²) < 4.78 is 12.2. The first kappa shape index (κ1) is 12.7. The summed E-state index contributed by atoms with van der Waals surface area (Å²) in [5.41, 5.74) is 6.43. The van der Waals surface area contributed by atoms with Gasteiger partial charge in [0.25, 0.3) is 0 Å². The molecule has 1 fully saturated rings. The van der Waals surface area contributed by atoms with Crippen molar-refractivity contribution in [1.82, 2.24) is 0 Å². The van der Waals surface area contributed by atoms with E-state index in [2.05, 4.69) is 15.9 Å². The van der Waals surface area contributed by atoms with Gasteiger partial charge in [-0.1, -0.05) is 0 Å². The quantitative estimate of drug-likeness (QED) is 0.670. The third-order valence-electron chi connectivity index (χ3n) is 2.91. The van der Waals surface area contributed by atoms with Gasteiger partial charge in [-0.15, -0.1) is 0 Å². The van der Waals surface area contributed by atoms with E-state index in [0.29, 0.717) is 12.7 Å². The van der Waals surface area contributed by atoms with Crippen LogP contribution in [0.2, 0.25) is 0 Å². The Labute approximate surface area is 110 Å². The molecular weight excluding hydrogens is 282 g/mol. The molecule has 1 heterocycles. The minimum absolute atomic E-state index is 0.447. The molecule has 94 valence electrons. The molecule has 2 N–H and O–H groups in total. The highest BCUT2D eigenvalue weighted by atomic mass is 79.9. The number of nitrogens with two attached hydrogens (primary N) is 1. The standard InChI is InChI=1S/C13H18BrNO2/c14-12-6-5-10(15)9-13(12)17-8-2-4-11-3-1-7-16-11/h5-6,9,11H,1-4,7-8,15H2. The predicted octanol–water partition coefficient (Wildman–Crippen LogP) is 3.37. The molecule has 1 aromatic carbocycles. The smallest absolute Gasteiger partial charge is 0.135 e. The molecule has 0 spiro atoms. The lowest BCUT2D eigenvalue weighted by molar-refractivity contribution is 0.0981. The number of benzene rings is 1. The van der Waals surface area contributed by atoms with Crippen LogP contribution in [-0.4, -0.2) is 19.3 Å². The molecule has 1 unspecified atom stereocenters. The third kappa shape index (κ3) is 3.89. The number of halogens is 1. The minimum atomic E-state index is 0.447. The fraction of sp³-hybridized carbons (Fsp3) is 0.538. The summed E-state index contributed by atoms with van der Waals surface area (Å²) in [4.78, 5) is 0. The van der Waals surface area contributed by atoms with Gasteiger partial charge in [0, 0.05) is 18.4 Å². The van der Waals surface area contributed by atoms with Gasteiger partial charge in [-0.05, 0) is 53.7 Å². The van der Waals surface area contributed by atoms with Crippen molar-refractivity contribution in [3.63, 3.8) is 0 Å². The van der Waals surface area contributed by atoms with Gasteiger partial charge >= 0.3 is 0 Å². The van der Waals surface area contributed by atoms with Crippen molar-refractivity contribution in [3.05, 3.63) is 22.7 Å². The highest BCUT2D eigenvalue weighted by molar-refractivity contribution is 9.10. The minimum Gasteiger partial charge on any atom is -0.492 e. The summed E-state index contributed by atoms with van der Waals surface area (Å²) >= 11 is 3.44. The lowest BCUT2D eigenvalue weighted by Crippen LogP contribution is -2.07. The zero-order valence-corrected chi connectivity index (χ0v) is 11.4. The van der Waals surface area contributed by atoms with E-state index in [-0.39, 0.29) is 0 Å². The van der Waals surface area contributed by atoms with Crippen LogP contribution >= 0.6 is 15.9 Å². The van der Waals surface area contributed by atoms with Crippen LogP contribution in [0, 0.1) is 0 Å². The van der Waals surface area contributed by atoms with E-state index in [1.54, 1.807) is 0 Å². The van der Waals surface area contributed by atoms with Crippen molar-refractivity contribution < 1.29 is 9.47 Å². The van der Waals surface area contributed by atoms with E-state index < -0.39 is 0 Å². The van der Waals surface area contributed by atoms with Crippen LogP contribution in [0.4, 0.5) is 5.69 Å². The van der Waals surface area contributed by atoms with Crippen LogP contribution in [0.25, 0.3) is 0 Å². The normalized spacial score (nSPS) is 19.5. The van der Waals surface area contributed by atoms with Crippen LogP contribution in [0.1, 0.15) is 25.7 Å². The Hall–Kier alpha value is -0.740. The maximum absolute atomic E-state index is 5.71. The molecule has 0 bridgehead atoms. The van der Waals surface area contributed by atoms with E-state index in [9.17, 15) is 0 Å². The molecule has 1 aliphatic heterocycles. The molecule has 0 aromatic heterocycles. The molecule has 1 atom stereocenters. The van der Waals surface area contributed by atoms with Gasteiger partial charge in [-0.25, -0.2) is 0 Å². The van der Waals surface area contributed by atoms with Gasteiger partial charge in [-0.3, -0.25) is 0 Å². The number of rotatable bonds is 5. The number of hydrogen-bond acceptors (Lipinski definition) is 3. The van der Waals surface area contributed by atoms with Gasteiger partial charge < -0.3 is 15.2 Å². The molecule has 1 saturated heterocycles. The largest absolute Gasteiger partial charge is 0.492 e. The van der Waals surface area contributed by atoms with Gasteiger partial charge in [0.05, 0.1) is 17.2 Å². The Bertz CT molecular complexity index is 364. The topological polar surface area (TPSA) is 44.5 Å². The van der Waals surface area contributed by atoms with Crippen molar-refractivity contribution in [3.8, 4) is 5.75 Å². The first-order valence-electron chi connectivity index (χ1n) is 6.05. The molecule has 2 rings (SSSR count). The second-order valence-electron chi connectivity index (χ2n) is 4.32. The Morgan fingerprint density at radius 1 is 1.47 bits per heavy atom. The molecule has 1 aromatic rings. The fourth-order valence-corrected chi connectivity index (χ4v) is 2.36. The van der Waals surface area contributed by atoms with Gasteiger partial charge in [0.2, 0.25) is 0 Å². The van der Waals surface area contributed by atoms with E-state index >= 15 is 0 Å². The van der Waals surface area contributed by atoms with Crippen LogP contribution in [0.5, 0.6) is 5.75 Å². The van der Waals surface area contributed by atoms with Crippen molar-refractivity contribution in [2.75, 3.05) is 18.9 Å². The second-order valence-corrected chi connectivity index (χ2v) is 5.17. The number of anilines is 1. The molecule has 0 aliphatic carbocycles. The first-order valence-corrected chi connectivity index (χ1v) is 6.84. The maximum atomic E-state index is 5.71. The average molecular weight is 300 g/mol. The Morgan fingerprint density at radius 3 is 3.12 bits per heavy atom. The lowest BCUT2D eigenvalue weighted by atomic mass is 10.1. The molecule has 3 nitrogen and oxygen atoms in total. The lowest BCUT2D eigenvalue weighted by Gasteiger charge is -2.11. The van der Waals surface area contributed by atoms with Crippen molar-refractivity contribution in [2.45, 2.75) is 31.8 Å². The highest BCUT2D eigenvalue weighted by Crippen LogP contribution is 2.27. The molecule has 4 heteroatoms. The van der Waals surface area contributed by atoms with E-state index in [0.717, 1.165) is 35.4 Å². The molecule has 0 radical (unpaired) electrons. The predicted molar refractivity (Wildman–Crippen MR) is 72.3 cm³/mol. The monoisotopic (exact) mass is 299 g/mol. The van der Waals surface area contributed by atoms with Crippen LogP contribution < -0.4 is 10.5 Å². The molecule has 1 aliphatic rings. The second kappa shape index (κ2) is 6.26. The van der Waals surface area contributed by atoms with Gasteiger partial charge in [0.1, 0.15) is 5.75 Å². The molecule has 17 heavy (non-hydrogen) atoms. The summed E-state index contributed by atoms with van der Waals surface area (Å²) in [6, 6.07) is 5.60. The van der Waals surface area contributed by atoms with Crippen molar-refractivity contribution in [1.29, 1.82) is 0 Å². The molecule has 0 saturated carbocycles. The zero-order valence-electron chi connectivity index (χ0n) is 9.82. The van der Waals surface area contributed by atoms with Crippen molar-refractivity contribution >= 4 is 21.6 Å². The summed E-state index contributed by atoms with van der Waals surface area (Å²) in [6.45, 7) is 1.63. The number of nitrogen functional groups attached to an aromatic ring is 1. The zero-order chi connectivity index (χ0) is 12.1. The summed E-state index contributed by atoms with van der Waals surface area (Å²) in [5.74, 6) is 0.817. The third-order valence-corrected chi connectivity index (χ3v) is 3.56. The van der Waals surface area contributed by atoms with Crippen LogP contribution in [0.15, 0.2) is 22.7 Å². The number of ether oxygens (including phenoxy) is 2. The fourth-order valence-electron chi connectivity index (χ4n) is 2.00. The molecular formula is C13H18BrNO2. The molecule has 0 amide bonds. The summed E-state index contributed by atoms with van der Waals surface area (Å²) in [5, 5.41) is 0. The maximum Gasteiger partial charge on any atom is 0.135 e. The van der Waals surface area contributed by atoms with Crippen molar-refractivity contribution in [2.24, 2.45) is 0 Å². The van der Waals surface area contributed by atoms with E-state index in [1.807, 2.05) is 18.2 Å². The van der Waals surface area contributed by atoms with E-state index in [1.165, 1.54) is 12.8 Å². The van der Waals surface area contributed by atoms with Gasteiger partial charge in [0.15, 0.2) is 0 Å². The average Bonchev–Trinajstić information content (AvgIpc) is 2.82. The highest BCUT2D eigenvalue weighted by Gasteiger charge is 2.14.